The molecule has 6 heteroatoms. The first-order valence-corrected chi connectivity index (χ1v) is 14.4. The van der Waals surface area contributed by atoms with Crippen LogP contribution in [0.4, 0.5) is 0 Å². The lowest BCUT2D eigenvalue weighted by molar-refractivity contribution is -0.0691. The van der Waals surface area contributed by atoms with Crippen LogP contribution < -0.4 is 10.5 Å². The number of aliphatic hydroxyl groups excluding tert-OH is 1. The van der Waals surface area contributed by atoms with E-state index in [2.05, 4.69) is 48.8 Å². The lowest BCUT2D eigenvalue weighted by atomic mass is 9.49. The van der Waals surface area contributed by atoms with E-state index in [9.17, 15) is 5.11 Å². The Morgan fingerprint density at radius 2 is 1.71 bits per heavy atom. The molecule has 7 atom stereocenters. The molecule has 1 aromatic carbocycles. The zero-order valence-electron chi connectivity index (χ0n) is 23.0. The van der Waals surface area contributed by atoms with Gasteiger partial charge in [-0.15, -0.1) is 0 Å². The molecule has 6 nitrogen and oxygen atoms in total. The number of nitrogens with zero attached hydrogens (tertiary/aromatic N) is 3. The van der Waals surface area contributed by atoms with Gasteiger partial charge in [0, 0.05) is 24.7 Å². The number of fused-ring (bicyclic) bond motifs is 2. The highest BCUT2D eigenvalue weighted by atomic mass is 16.5. The van der Waals surface area contributed by atoms with Crippen LogP contribution in [0.1, 0.15) is 57.7 Å². The third kappa shape index (κ3) is 4.08. The normalized spacial score (nSPS) is 34.5. The third-order valence-electron chi connectivity index (χ3n) is 11.1. The molecule has 6 rings (SSSR count). The molecule has 38 heavy (non-hydrogen) atoms. The number of aromatic nitrogens is 3. The molecule has 3 aliphatic rings. The summed E-state index contributed by atoms with van der Waals surface area (Å²) >= 11 is 0. The van der Waals surface area contributed by atoms with E-state index in [-0.39, 0.29) is 17.9 Å². The van der Waals surface area contributed by atoms with Gasteiger partial charge in [-0.25, -0.2) is 4.68 Å². The third-order valence-corrected chi connectivity index (χ3v) is 11.1. The molecular formula is C32H42N4O2. The fourth-order valence-electron chi connectivity index (χ4n) is 8.62. The molecule has 3 N–H and O–H groups in total. The maximum absolute atomic E-state index is 10.7. The van der Waals surface area contributed by atoms with Gasteiger partial charge in [-0.3, -0.25) is 4.98 Å². The Kier molecular flexibility index (Phi) is 6.59. The molecule has 0 saturated heterocycles. The Morgan fingerprint density at radius 1 is 1.00 bits per heavy atom. The van der Waals surface area contributed by atoms with Crippen molar-refractivity contribution >= 4 is 0 Å². The quantitative estimate of drug-likeness (QED) is 0.434. The maximum Gasteiger partial charge on any atom is 0.130 e. The predicted octanol–water partition coefficient (Wildman–Crippen LogP) is 5.81. The Bertz CT molecular complexity index is 1260. The summed E-state index contributed by atoms with van der Waals surface area (Å²) in [5, 5.41) is 15.6. The van der Waals surface area contributed by atoms with Crippen molar-refractivity contribution in [3.8, 4) is 17.2 Å². The Balaban J connectivity index is 1.26. The summed E-state index contributed by atoms with van der Waals surface area (Å²) in [6.07, 6.45) is 12.4. The van der Waals surface area contributed by atoms with Crippen LogP contribution in [0, 0.1) is 40.4 Å². The topological polar surface area (TPSA) is 86.2 Å². The standard InChI is InChI=1S/C32H42N4O2/c1-21-4-9-28-27(18-33)29(10-13-31(21,28)2)32(3)17-22-19-35-36(30(22)16-23(32)20-37)24-5-7-25(8-6-24)38-26-11-14-34-15-12-26/h5-8,11-12,14-15,19,21,23,27-29,37H,4,9-10,13,16-18,20,33H2,1-3H3/t21-,23+,27-,28-,29-,31+,32-/m0/s1. The number of rotatable bonds is 6. The van der Waals surface area contributed by atoms with Gasteiger partial charge < -0.3 is 15.6 Å². The summed E-state index contributed by atoms with van der Waals surface area (Å²) in [6.45, 7) is 8.37. The second-order valence-corrected chi connectivity index (χ2v) is 12.7. The summed E-state index contributed by atoms with van der Waals surface area (Å²) in [5.74, 6) is 4.29. The first-order valence-electron chi connectivity index (χ1n) is 14.4. The molecule has 2 heterocycles. The van der Waals surface area contributed by atoms with Crippen LogP contribution >= 0.6 is 0 Å². The molecule has 202 valence electrons. The minimum atomic E-state index is 0.0229. The van der Waals surface area contributed by atoms with E-state index in [1.54, 1.807) is 12.4 Å². The van der Waals surface area contributed by atoms with Crippen molar-refractivity contribution in [1.29, 1.82) is 0 Å². The minimum absolute atomic E-state index is 0.0229. The van der Waals surface area contributed by atoms with Crippen LogP contribution in [0.25, 0.3) is 5.69 Å². The lowest BCUT2D eigenvalue weighted by Gasteiger charge is -2.56. The van der Waals surface area contributed by atoms with Crippen LogP contribution in [-0.2, 0) is 12.8 Å². The molecule has 0 bridgehead atoms. The average molecular weight is 515 g/mol. The van der Waals surface area contributed by atoms with Crippen molar-refractivity contribution in [3.63, 3.8) is 0 Å². The summed E-state index contributed by atoms with van der Waals surface area (Å²) in [6, 6.07) is 11.8. The van der Waals surface area contributed by atoms with Crippen molar-refractivity contribution < 1.29 is 9.84 Å². The van der Waals surface area contributed by atoms with E-state index in [0.717, 1.165) is 42.5 Å². The van der Waals surface area contributed by atoms with Gasteiger partial charge in [0.25, 0.3) is 0 Å². The highest BCUT2D eigenvalue weighted by molar-refractivity contribution is 5.42. The minimum Gasteiger partial charge on any atom is -0.457 e. The van der Waals surface area contributed by atoms with E-state index in [1.807, 2.05) is 24.3 Å². The van der Waals surface area contributed by atoms with E-state index in [0.29, 0.717) is 23.2 Å². The fraction of sp³-hybridized carbons (Fsp3) is 0.562. The van der Waals surface area contributed by atoms with Crippen molar-refractivity contribution in [2.24, 2.45) is 46.2 Å². The Hall–Kier alpha value is -2.70. The smallest absolute Gasteiger partial charge is 0.130 e. The average Bonchev–Trinajstić information content (AvgIpc) is 3.48. The SMILES string of the molecule is C[C@H]1CC[C@H]2[C@H](CN)[C@@H]([C@@]3(C)Cc4cnn(-c5ccc(Oc6ccncc6)cc5)c4C[C@@H]3CO)CC[C@]12C. The molecule has 0 unspecified atom stereocenters. The van der Waals surface area contributed by atoms with Crippen LogP contribution in [0.2, 0.25) is 0 Å². The van der Waals surface area contributed by atoms with Gasteiger partial charge >= 0.3 is 0 Å². The number of ether oxygens (including phenoxy) is 1. The second-order valence-electron chi connectivity index (χ2n) is 12.7. The lowest BCUT2D eigenvalue weighted by Crippen LogP contribution is -2.53. The Labute approximate surface area is 226 Å². The highest BCUT2D eigenvalue weighted by Gasteiger charge is 2.57. The van der Waals surface area contributed by atoms with Crippen molar-refractivity contribution in [2.45, 2.75) is 59.3 Å². The van der Waals surface area contributed by atoms with Crippen LogP contribution in [0.3, 0.4) is 0 Å². The molecule has 0 spiro atoms. The van der Waals surface area contributed by atoms with E-state index in [1.165, 1.54) is 36.9 Å². The van der Waals surface area contributed by atoms with Gasteiger partial charge in [-0.2, -0.15) is 5.10 Å². The molecule has 0 aliphatic heterocycles. The number of benzene rings is 1. The monoisotopic (exact) mass is 514 g/mol. The molecule has 2 aromatic heterocycles. The Morgan fingerprint density at radius 3 is 2.42 bits per heavy atom. The summed E-state index contributed by atoms with van der Waals surface area (Å²) in [4.78, 5) is 4.04. The van der Waals surface area contributed by atoms with E-state index in [4.69, 9.17) is 15.6 Å². The summed E-state index contributed by atoms with van der Waals surface area (Å²) in [7, 11) is 0. The summed E-state index contributed by atoms with van der Waals surface area (Å²) in [5.41, 5.74) is 10.6. The molecule has 2 fully saturated rings. The van der Waals surface area contributed by atoms with Crippen molar-refractivity contribution in [3.05, 3.63) is 66.2 Å². The predicted molar refractivity (Wildman–Crippen MR) is 149 cm³/mol. The van der Waals surface area contributed by atoms with Crippen LogP contribution in [0.5, 0.6) is 11.5 Å². The van der Waals surface area contributed by atoms with Gasteiger partial charge in [-0.05, 0) is 127 Å². The summed E-state index contributed by atoms with van der Waals surface area (Å²) < 4.78 is 8.00. The molecular weight excluding hydrogens is 472 g/mol. The zero-order chi connectivity index (χ0) is 26.5. The van der Waals surface area contributed by atoms with Crippen LogP contribution in [0.15, 0.2) is 55.0 Å². The fourth-order valence-corrected chi connectivity index (χ4v) is 8.62. The van der Waals surface area contributed by atoms with Crippen molar-refractivity contribution in [1.82, 2.24) is 14.8 Å². The number of hydrogen-bond acceptors (Lipinski definition) is 5. The van der Waals surface area contributed by atoms with Gasteiger partial charge in [0.05, 0.1) is 11.9 Å². The number of hydrogen-bond donors (Lipinski definition) is 2. The van der Waals surface area contributed by atoms with E-state index >= 15 is 0 Å². The van der Waals surface area contributed by atoms with Gasteiger partial charge in [0.15, 0.2) is 0 Å². The number of pyridine rings is 1. The first-order chi connectivity index (χ1) is 18.4. The molecule has 0 radical (unpaired) electrons. The largest absolute Gasteiger partial charge is 0.457 e. The van der Waals surface area contributed by atoms with Crippen LogP contribution in [-0.4, -0.2) is 33.0 Å². The zero-order valence-corrected chi connectivity index (χ0v) is 23.0. The second kappa shape index (κ2) is 9.80. The first kappa shape index (κ1) is 25.6. The number of aliphatic hydroxyl groups is 1. The van der Waals surface area contributed by atoms with Crippen molar-refractivity contribution in [2.75, 3.05) is 13.2 Å². The van der Waals surface area contributed by atoms with Gasteiger partial charge in [0.1, 0.15) is 11.5 Å². The van der Waals surface area contributed by atoms with Gasteiger partial charge in [0.2, 0.25) is 0 Å². The molecule has 2 saturated carbocycles. The van der Waals surface area contributed by atoms with E-state index < -0.39 is 0 Å². The number of nitrogens with two attached hydrogens (primary N) is 1. The highest BCUT2D eigenvalue weighted by Crippen LogP contribution is 2.63. The maximum atomic E-state index is 10.7. The molecule has 0 amide bonds. The van der Waals surface area contributed by atoms with Gasteiger partial charge in [-0.1, -0.05) is 20.8 Å². The molecule has 3 aliphatic carbocycles. The molecule has 3 aromatic rings.